The summed E-state index contributed by atoms with van der Waals surface area (Å²) < 4.78 is 0. The number of rotatable bonds is 1. The molecule has 0 aliphatic heterocycles. The first kappa shape index (κ1) is 9.22. The first-order valence-corrected chi connectivity index (χ1v) is 3.92. The van der Waals surface area contributed by atoms with Crippen LogP contribution in [-0.2, 0) is 0 Å². The van der Waals surface area contributed by atoms with E-state index >= 15 is 0 Å². The summed E-state index contributed by atoms with van der Waals surface area (Å²) in [5.74, 6) is 0. The molecule has 0 fully saturated rings. The van der Waals surface area contributed by atoms with Gasteiger partial charge in [-0.1, -0.05) is 44.2 Å². The Kier molecular flexibility index (Phi) is 5.85. The maximum absolute atomic E-state index is 2.16. The average Bonchev–Trinajstić information content (AvgIpc) is 2.46. The molecule has 0 aromatic heterocycles. The van der Waals surface area contributed by atoms with E-state index in [1.54, 1.807) is 0 Å². The van der Waals surface area contributed by atoms with Crippen LogP contribution in [0.25, 0.3) is 0 Å². The Labute approximate surface area is 64.0 Å². The SMILES string of the molecule is C/C=C/C1=CC=CC1.CC. The van der Waals surface area contributed by atoms with Crippen molar-refractivity contribution in [3.8, 4) is 0 Å². The summed E-state index contributed by atoms with van der Waals surface area (Å²) in [6.45, 7) is 6.04. The van der Waals surface area contributed by atoms with Gasteiger partial charge in [-0.15, -0.1) is 0 Å². The van der Waals surface area contributed by atoms with Crippen molar-refractivity contribution in [3.63, 3.8) is 0 Å². The monoisotopic (exact) mass is 136 g/mol. The minimum Gasteiger partial charge on any atom is -0.0874 e. The van der Waals surface area contributed by atoms with Gasteiger partial charge < -0.3 is 0 Å². The molecule has 0 aromatic rings. The molecule has 0 nitrogen and oxygen atoms in total. The molecule has 1 aliphatic carbocycles. The Morgan fingerprint density at radius 2 is 2.10 bits per heavy atom. The highest BCUT2D eigenvalue weighted by molar-refractivity contribution is 5.31. The van der Waals surface area contributed by atoms with Gasteiger partial charge in [0.25, 0.3) is 0 Å². The summed E-state index contributed by atoms with van der Waals surface area (Å²) in [7, 11) is 0. The van der Waals surface area contributed by atoms with Gasteiger partial charge in [0.05, 0.1) is 0 Å². The van der Waals surface area contributed by atoms with Crippen molar-refractivity contribution in [3.05, 3.63) is 36.0 Å². The van der Waals surface area contributed by atoms with Crippen molar-refractivity contribution < 1.29 is 0 Å². The van der Waals surface area contributed by atoms with Crippen molar-refractivity contribution >= 4 is 0 Å². The smallest absolute Gasteiger partial charge is 0.00944 e. The quantitative estimate of drug-likeness (QED) is 0.517. The first-order chi connectivity index (χ1) is 4.93. The van der Waals surface area contributed by atoms with E-state index in [2.05, 4.69) is 30.4 Å². The molecule has 0 radical (unpaired) electrons. The lowest BCUT2D eigenvalue weighted by Gasteiger charge is -1.85. The summed E-state index contributed by atoms with van der Waals surface area (Å²) in [5.41, 5.74) is 1.41. The van der Waals surface area contributed by atoms with E-state index < -0.39 is 0 Å². The molecule has 1 aliphatic rings. The molecular weight excluding hydrogens is 120 g/mol. The third kappa shape index (κ3) is 3.29. The zero-order valence-corrected chi connectivity index (χ0v) is 7.09. The molecule has 0 amide bonds. The lowest BCUT2D eigenvalue weighted by atomic mass is 10.2. The fourth-order valence-electron chi connectivity index (χ4n) is 0.801. The second-order valence-electron chi connectivity index (χ2n) is 1.87. The van der Waals surface area contributed by atoms with Gasteiger partial charge in [0.1, 0.15) is 0 Å². The highest BCUT2D eigenvalue weighted by Crippen LogP contribution is 2.10. The van der Waals surface area contributed by atoms with Crippen LogP contribution in [0.3, 0.4) is 0 Å². The molecular formula is C10H16. The molecule has 10 heavy (non-hydrogen) atoms. The Morgan fingerprint density at radius 1 is 1.40 bits per heavy atom. The molecule has 0 bridgehead atoms. The first-order valence-electron chi connectivity index (χ1n) is 3.92. The standard InChI is InChI=1S/C8H10.C2H6/c1-2-5-8-6-3-4-7-8;1-2/h2-6H,7H2,1H3;1-2H3/b5-2+;. The fourth-order valence-corrected chi connectivity index (χ4v) is 0.801. The Morgan fingerprint density at radius 3 is 2.50 bits per heavy atom. The van der Waals surface area contributed by atoms with E-state index in [9.17, 15) is 0 Å². The normalized spacial score (nSPS) is 14.9. The van der Waals surface area contributed by atoms with Gasteiger partial charge >= 0.3 is 0 Å². The molecule has 0 spiro atoms. The summed E-state index contributed by atoms with van der Waals surface area (Å²) in [4.78, 5) is 0. The highest BCUT2D eigenvalue weighted by Gasteiger charge is 1.90. The highest BCUT2D eigenvalue weighted by atomic mass is 14.0. The fraction of sp³-hybridized carbons (Fsp3) is 0.400. The molecule has 0 saturated carbocycles. The second-order valence-corrected chi connectivity index (χ2v) is 1.87. The molecule has 56 valence electrons. The summed E-state index contributed by atoms with van der Waals surface area (Å²) in [5, 5.41) is 0. The number of allylic oxidation sites excluding steroid dienone is 6. The second kappa shape index (κ2) is 6.34. The van der Waals surface area contributed by atoms with Gasteiger partial charge in [0.15, 0.2) is 0 Å². The minimum absolute atomic E-state index is 1.12. The van der Waals surface area contributed by atoms with Crippen molar-refractivity contribution in [1.29, 1.82) is 0 Å². The predicted molar refractivity (Wildman–Crippen MR) is 48.0 cm³/mol. The van der Waals surface area contributed by atoms with Gasteiger partial charge in [0, 0.05) is 0 Å². The maximum atomic E-state index is 2.16. The third-order valence-electron chi connectivity index (χ3n) is 1.18. The van der Waals surface area contributed by atoms with Crippen LogP contribution in [-0.4, -0.2) is 0 Å². The largest absolute Gasteiger partial charge is 0.0874 e. The predicted octanol–water partition coefficient (Wildman–Crippen LogP) is 3.48. The van der Waals surface area contributed by atoms with Gasteiger partial charge in [-0.25, -0.2) is 0 Å². The van der Waals surface area contributed by atoms with E-state index in [4.69, 9.17) is 0 Å². The Hall–Kier alpha value is -0.780. The molecule has 0 heterocycles. The average molecular weight is 136 g/mol. The van der Waals surface area contributed by atoms with E-state index in [0.717, 1.165) is 6.42 Å². The Bertz CT molecular complexity index is 147. The van der Waals surface area contributed by atoms with Gasteiger partial charge in [0.2, 0.25) is 0 Å². The van der Waals surface area contributed by atoms with Crippen LogP contribution in [0.4, 0.5) is 0 Å². The van der Waals surface area contributed by atoms with Crippen LogP contribution in [0.15, 0.2) is 36.0 Å². The van der Waals surface area contributed by atoms with E-state index in [0.29, 0.717) is 0 Å². The van der Waals surface area contributed by atoms with Crippen molar-refractivity contribution in [2.75, 3.05) is 0 Å². The zero-order valence-electron chi connectivity index (χ0n) is 7.09. The third-order valence-corrected chi connectivity index (χ3v) is 1.18. The van der Waals surface area contributed by atoms with E-state index in [1.807, 2.05) is 20.8 Å². The van der Waals surface area contributed by atoms with Crippen LogP contribution in [0, 0.1) is 0 Å². The van der Waals surface area contributed by atoms with E-state index in [1.165, 1.54) is 5.57 Å². The van der Waals surface area contributed by atoms with Crippen molar-refractivity contribution in [2.45, 2.75) is 27.2 Å². The van der Waals surface area contributed by atoms with Crippen LogP contribution < -0.4 is 0 Å². The number of hydrogen-bond donors (Lipinski definition) is 0. The molecule has 0 aromatic carbocycles. The van der Waals surface area contributed by atoms with Gasteiger partial charge in [-0.05, 0) is 18.9 Å². The van der Waals surface area contributed by atoms with E-state index in [-0.39, 0.29) is 0 Å². The van der Waals surface area contributed by atoms with Crippen LogP contribution in [0.1, 0.15) is 27.2 Å². The topological polar surface area (TPSA) is 0 Å². The van der Waals surface area contributed by atoms with Crippen LogP contribution in [0.2, 0.25) is 0 Å². The zero-order chi connectivity index (χ0) is 7.82. The molecule has 0 unspecified atom stereocenters. The molecule has 1 rings (SSSR count). The van der Waals surface area contributed by atoms with Crippen LogP contribution in [0.5, 0.6) is 0 Å². The summed E-state index contributed by atoms with van der Waals surface area (Å²) in [6.07, 6.45) is 11.7. The molecule has 0 heteroatoms. The van der Waals surface area contributed by atoms with Gasteiger partial charge in [-0.2, -0.15) is 0 Å². The lowest BCUT2D eigenvalue weighted by molar-refractivity contribution is 1.33. The van der Waals surface area contributed by atoms with Gasteiger partial charge in [-0.3, -0.25) is 0 Å². The molecule has 0 N–H and O–H groups in total. The van der Waals surface area contributed by atoms with Crippen molar-refractivity contribution in [2.24, 2.45) is 0 Å². The minimum atomic E-state index is 1.12. The lowest BCUT2D eigenvalue weighted by Crippen LogP contribution is -1.65. The summed E-state index contributed by atoms with van der Waals surface area (Å²) in [6, 6.07) is 0. The number of hydrogen-bond acceptors (Lipinski definition) is 0. The Balaban J connectivity index is 0.000000371. The molecule has 0 saturated heterocycles. The molecule has 0 atom stereocenters. The summed E-state index contributed by atoms with van der Waals surface area (Å²) >= 11 is 0. The maximum Gasteiger partial charge on any atom is -0.00944 e. The van der Waals surface area contributed by atoms with Crippen molar-refractivity contribution in [1.82, 2.24) is 0 Å². The van der Waals surface area contributed by atoms with Crippen LogP contribution >= 0.6 is 0 Å².